The molecule has 0 aliphatic heterocycles. The Kier molecular flexibility index (Phi) is 6.80. The van der Waals surface area contributed by atoms with Gasteiger partial charge in [0.05, 0.1) is 22.7 Å². The van der Waals surface area contributed by atoms with Crippen molar-refractivity contribution in [2.45, 2.75) is 76.4 Å². The molecule has 3 aromatic rings. The first kappa shape index (κ1) is 24.1. The molecule has 2 aliphatic rings. The zero-order valence-corrected chi connectivity index (χ0v) is 20.0. The van der Waals surface area contributed by atoms with Gasteiger partial charge in [-0.2, -0.15) is 5.16 Å². The van der Waals surface area contributed by atoms with E-state index in [4.69, 9.17) is 4.52 Å². The van der Waals surface area contributed by atoms with E-state index in [2.05, 4.69) is 10.6 Å². The second-order valence-electron chi connectivity index (χ2n) is 9.71. The number of carbonyl (C=O) groups excluding carboxylic acids is 1. The summed E-state index contributed by atoms with van der Waals surface area (Å²) in [5, 5.41) is 8.00. The molecule has 1 amide bonds. The van der Waals surface area contributed by atoms with Crippen LogP contribution in [0.2, 0.25) is 0 Å². The van der Waals surface area contributed by atoms with Crippen molar-refractivity contribution in [1.29, 1.82) is 0 Å². The maximum atomic E-state index is 15.1. The van der Waals surface area contributed by atoms with E-state index < -0.39 is 28.5 Å². The van der Waals surface area contributed by atoms with Gasteiger partial charge in [-0.05, 0) is 37.8 Å². The number of benzene rings is 1. The van der Waals surface area contributed by atoms with Crippen LogP contribution in [0, 0.1) is 5.82 Å². The van der Waals surface area contributed by atoms with E-state index in [0.717, 1.165) is 62.0 Å². The zero-order chi connectivity index (χ0) is 25.2. The van der Waals surface area contributed by atoms with Gasteiger partial charge in [-0.25, -0.2) is 9.18 Å². The fraction of sp³-hybridized carbons (Fsp3) is 0.520. The molecule has 0 saturated heterocycles. The van der Waals surface area contributed by atoms with Gasteiger partial charge in [0.2, 0.25) is 5.76 Å². The highest BCUT2D eigenvalue weighted by Crippen LogP contribution is 2.32. The predicted molar refractivity (Wildman–Crippen MR) is 132 cm³/mol. The molecule has 2 saturated carbocycles. The monoisotopic (exact) mass is 499 g/mol. The molecule has 2 fully saturated rings. The van der Waals surface area contributed by atoms with Gasteiger partial charge in [0, 0.05) is 25.2 Å². The number of nitrogens with zero attached hydrogens (tertiary/aromatic N) is 2. The SMILES string of the molecule is O=C(NCCn1c(=O)c2cc(F)c(NC3CCCCC3)cc2n(C2CCCC2)c1=O)c1cc(=O)[nH]o1. The van der Waals surface area contributed by atoms with Crippen LogP contribution in [0.15, 0.2) is 37.1 Å². The Morgan fingerprint density at radius 1 is 1.03 bits per heavy atom. The van der Waals surface area contributed by atoms with Crippen LogP contribution in [0.4, 0.5) is 10.1 Å². The van der Waals surface area contributed by atoms with Gasteiger partial charge in [-0.1, -0.05) is 32.1 Å². The van der Waals surface area contributed by atoms with E-state index in [9.17, 15) is 19.2 Å². The minimum atomic E-state index is -0.650. The van der Waals surface area contributed by atoms with Crippen molar-refractivity contribution in [3.05, 3.63) is 61.0 Å². The fourth-order valence-electron chi connectivity index (χ4n) is 5.45. The van der Waals surface area contributed by atoms with Crippen LogP contribution in [-0.4, -0.2) is 32.8 Å². The van der Waals surface area contributed by atoms with Crippen LogP contribution < -0.4 is 27.4 Å². The number of carbonyl (C=O) groups is 1. The third-order valence-electron chi connectivity index (χ3n) is 7.28. The highest BCUT2D eigenvalue weighted by atomic mass is 19.1. The first-order valence-corrected chi connectivity index (χ1v) is 12.6. The van der Waals surface area contributed by atoms with Gasteiger partial charge in [0.1, 0.15) is 5.82 Å². The summed E-state index contributed by atoms with van der Waals surface area (Å²) in [4.78, 5) is 50.2. The molecule has 2 heterocycles. The lowest BCUT2D eigenvalue weighted by Crippen LogP contribution is -2.43. The van der Waals surface area contributed by atoms with Gasteiger partial charge in [-0.3, -0.25) is 23.5 Å². The number of hydrogen-bond donors (Lipinski definition) is 3. The number of hydrogen-bond acceptors (Lipinski definition) is 6. The molecule has 0 bridgehead atoms. The second-order valence-corrected chi connectivity index (χ2v) is 9.71. The molecule has 36 heavy (non-hydrogen) atoms. The van der Waals surface area contributed by atoms with Crippen molar-refractivity contribution in [2.24, 2.45) is 0 Å². The first-order valence-electron chi connectivity index (χ1n) is 12.6. The van der Waals surface area contributed by atoms with Crippen molar-refractivity contribution < 1.29 is 13.7 Å². The molecular formula is C25H30FN5O5. The summed E-state index contributed by atoms with van der Waals surface area (Å²) in [6.45, 7) is -0.159. The average Bonchev–Trinajstić information content (AvgIpc) is 3.55. The van der Waals surface area contributed by atoms with E-state index in [0.29, 0.717) is 11.2 Å². The highest BCUT2D eigenvalue weighted by Gasteiger charge is 2.25. The molecule has 11 heteroatoms. The molecule has 0 atom stereocenters. The van der Waals surface area contributed by atoms with Crippen molar-refractivity contribution in [3.63, 3.8) is 0 Å². The maximum absolute atomic E-state index is 15.1. The summed E-state index contributed by atoms with van der Waals surface area (Å²) < 4.78 is 22.6. The zero-order valence-electron chi connectivity index (χ0n) is 20.0. The standard InChI is InChI=1S/C25H30FN5O5/c26-18-12-17-20(13-19(18)28-15-6-2-1-3-7-15)31(16-8-4-5-9-16)25(35)30(24(17)34)11-10-27-23(33)21-14-22(32)29-36-21/h12-16,28H,1-11H2,(H,27,33)(H,29,32). The number of aromatic amines is 1. The molecule has 10 nitrogen and oxygen atoms in total. The lowest BCUT2D eigenvalue weighted by Gasteiger charge is -2.25. The normalized spacial score (nSPS) is 17.0. The van der Waals surface area contributed by atoms with Gasteiger partial charge >= 0.3 is 5.69 Å². The number of aromatic nitrogens is 3. The fourth-order valence-corrected chi connectivity index (χ4v) is 5.45. The Morgan fingerprint density at radius 2 is 1.75 bits per heavy atom. The topological polar surface area (TPSA) is 131 Å². The van der Waals surface area contributed by atoms with Crippen LogP contribution in [0.5, 0.6) is 0 Å². The Bertz CT molecular complexity index is 1440. The molecule has 2 aliphatic carbocycles. The van der Waals surface area contributed by atoms with Crippen molar-refractivity contribution in [2.75, 3.05) is 11.9 Å². The number of H-pyrrole nitrogens is 1. The smallest absolute Gasteiger partial charge is 0.331 e. The second kappa shape index (κ2) is 10.2. The summed E-state index contributed by atoms with van der Waals surface area (Å²) in [5.74, 6) is -1.37. The van der Waals surface area contributed by atoms with Gasteiger partial charge < -0.3 is 15.2 Å². The molecule has 0 radical (unpaired) electrons. The Hall–Kier alpha value is -3.63. The van der Waals surface area contributed by atoms with Gasteiger partial charge in [-0.15, -0.1) is 0 Å². The van der Waals surface area contributed by atoms with Crippen molar-refractivity contribution in [3.8, 4) is 0 Å². The van der Waals surface area contributed by atoms with Gasteiger partial charge in [0.25, 0.3) is 17.0 Å². The Morgan fingerprint density at radius 3 is 2.44 bits per heavy atom. The average molecular weight is 500 g/mol. The van der Waals surface area contributed by atoms with Crippen LogP contribution in [-0.2, 0) is 6.54 Å². The molecule has 1 aromatic carbocycles. The largest absolute Gasteiger partial charge is 0.380 e. The third kappa shape index (κ3) is 4.74. The summed E-state index contributed by atoms with van der Waals surface area (Å²) in [7, 11) is 0. The quantitative estimate of drug-likeness (QED) is 0.458. The molecule has 0 unspecified atom stereocenters. The highest BCUT2D eigenvalue weighted by molar-refractivity contribution is 5.91. The molecule has 5 rings (SSSR count). The minimum absolute atomic E-state index is 0.0527. The minimum Gasteiger partial charge on any atom is -0.380 e. The number of rotatable bonds is 7. The lowest BCUT2D eigenvalue weighted by molar-refractivity contribution is 0.0915. The molecule has 3 N–H and O–H groups in total. The summed E-state index contributed by atoms with van der Waals surface area (Å²) >= 11 is 0. The van der Waals surface area contributed by atoms with Crippen molar-refractivity contribution >= 4 is 22.5 Å². The number of nitrogens with one attached hydrogen (secondary N) is 3. The van der Waals surface area contributed by atoms with E-state index in [1.165, 1.54) is 12.5 Å². The summed E-state index contributed by atoms with van der Waals surface area (Å²) in [6, 6.07) is 3.93. The number of anilines is 1. The lowest BCUT2D eigenvalue weighted by atomic mass is 9.95. The first-order chi connectivity index (χ1) is 17.4. The molecule has 0 spiro atoms. The Balaban J connectivity index is 1.49. The number of amides is 1. The van der Waals surface area contributed by atoms with Crippen LogP contribution >= 0.6 is 0 Å². The number of fused-ring (bicyclic) bond motifs is 1. The predicted octanol–water partition coefficient (Wildman–Crippen LogP) is 2.87. The van der Waals surface area contributed by atoms with Crippen LogP contribution in [0.25, 0.3) is 10.9 Å². The van der Waals surface area contributed by atoms with Gasteiger partial charge in [0.15, 0.2) is 0 Å². The summed E-state index contributed by atoms with van der Waals surface area (Å²) in [6.07, 6.45) is 8.86. The van der Waals surface area contributed by atoms with E-state index in [1.807, 2.05) is 5.16 Å². The van der Waals surface area contributed by atoms with E-state index in [1.54, 1.807) is 10.6 Å². The Labute approximate surface area is 205 Å². The molecule has 2 aromatic heterocycles. The van der Waals surface area contributed by atoms with Crippen LogP contribution in [0.3, 0.4) is 0 Å². The summed E-state index contributed by atoms with van der Waals surface area (Å²) in [5.41, 5.74) is -0.875. The molecular weight excluding hydrogens is 469 g/mol. The molecule has 192 valence electrons. The third-order valence-corrected chi connectivity index (χ3v) is 7.28. The van der Waals surface area contributed by atoms with Crippen LogP contribution in [0.1, 0.15) is 74.4 Å². The van der Waals surface area contributed by atoms with E-state index >= 15 is 4.39 Å². The van der Waals surface area contributed by atoms with Crippen molar-refractivity contribution in [1.82, 2.24) is 19.6 Å². The van der Waals surface area contributed by atoms with E-state index in [-0.39, 0.29) is 36.3 Å². The number of halogens is 1. The maximum Gasteiger partial charge on any atom is 0.331 e.